The van der Waals surface area contributed by atoms with Crippen LogP contribution in [0.25, 0.3) is 39.0 Å². The molecule has 3 nitrogen and oxygen atoms in total. The molecular formula is C35H25NO2. The summed E-state index contributed by atoms with van der Waals surface area (Å²) in [6, 6.07) is 39.6. The van der Waals surface area contributed by atoms with Crippen molar-refractivity contribution in [1.82, 2.24) is 5.32 Å². The van der Waals surface area contributed by atoms with Gasteiger partial charge in [0.25, 0.3) is 0 Å². The van der Waals surface area contributed by atoms with Crippen LogP contribution in [-0.2, 0) is 0 Å². The van der Waals surface area contributed by atoms with E-state index in [2.05, 4.69) is 84.2 Å². The van der Waals surface area contributed by atoms with Crippen LogP contribution in [0, 0.1) is 0 Å². The van der Waals surface area contributed by atoms with E-state index in [9.17, 15) is 0 Å². The lowest BCUT2D eigenvalue weighted by Gasteiger charge is -2.22. The maximum atomic E-state index is 6.76. The third-order valence-corrected chi connectivity index (χ3v) is 7.04. The van der Waals surface area contributed by atoms with Gasteiger partial charge >= 0.3 is 0 Å². The minimum absolute atomic E-state index is 0.777. The van der Waals surface area contributed by atoms with E-state index in [1.54, 1.807) is 0 Å². The second kappa shape index (κ2) is 9.45. The molecule has 7 rings (SSSR count). The van der Waals surface area contributed by atoms with Crippen LogP contribution >= 0.6 is 0 Å². The van der Waals surface area contributed by atoms with Gasteiger partial charge in [0.15, 0.2) is 0 Å². The van der Waals surface area contributed by atoms with Crippen LogP contribution in [-0.4, -0.2) is 6.54 Å². The topological polar surface area (TPSA) is 30.5 Å². The van der Waals surface area contributed by atoms with Gasteiger partial charge in [-0.05, 0) is 70.9 Å². The summed E-state index contributed by atoms with van der Waals surface area (Å²) in [5.41, 5.74) is 8.53. The predicted molar refractivity (Wildman–Crippen MR) is 154 cm³/mol. The molecule has 1 N–H and O–H groups in total. The summed E-state index contributed by atoms with van der Waals surface area (Å²) in [6.45, 7) is 0.777. The number of rotatable bonds is 2. The van der Waals surface area contributed by atoms with Crippen molar-refractivity contribution in [2.75, 3.05) is 6.54 Å². The van der Waals surface area contributed by atoms with E-state index in [0.717, 1.165) is 68.5 Å². The molecular weight excluding hydrogens is 466 g/mol. The van der Waals surface area contributed by atoms with Crippen molar-refractivity contribution in [2.45, 2.75) is 0 Å². The van der Waals surface area contributed by atoms with Crippen LogP contribution in [0.15, 0.2) is 134 Å². The fraction of sp³-hybridized carbons (Fsp3) is 0.0286. The van der Waals surface area contributed by atoms with Gasteiger partial charge in [0.2, 0.25) is 0 Å². The molecule has 182 valence electrons. The van der Waals surface area contributed by atoms with E-state index in [1.165, 1.54) is 5.57 Å². The Morgan fingerprint density at radius 3 is 1.66 bits per heavy atom. The highest BCUT2D eigenvalue weighted by Crippen LogP contribution is 2.48. The fourth-order valence-electron chi connectivity index (χ4n) is 5.12. The Balaban J connectivity index is 1.47. The summed E-state index contributed by atoms with van der Waals surface area (Å²) >= 11 is 0. The van der Waals surface area contributed by atoms with Gasteiger partial charge in [-0.1, -0.05) is 84.9 Å². The summed E-state index contributed by atoms with van der Waals surface area (Å²) in [5.74, 6) is 3.17. The largest absolute Gasteiger partial charge is 0.456 e. The fourth-order valence-corrected chi connectivity index (χ4v) is 5.12. The Hall–Kier alpha value is -5.02. The summed E-state index contributed by atoms with van der Waals surface area (Å²) in [4.78, 5) is 0. The van der Waals surface area contributed by atoms with Crippen molar-refractivity contribution in [3.8, 4) is 56.4 Å². The predicted octanol–water partition coefficient (Wildman–Crippen LogP) is 9.09. The molecule has 0 saturated carbocycles. The van der Waals surface area contributed by atoms with Gasteiger partial charge < -0.3 is 14.8 Å². The third-order valence-electron chi connectivity index (χ3n) is 7.04. The van der Waals surface area contributed by atoms with E-state index in [4.69, 9.17) is 9.47 Å². The summed E-state index contributed by atoms with van der Waals surface area (Å²) in [5, 5.41) is 3.31. The summed E-state index contributed by atoms with van der Waals surface area (Å²) in [6.07, 6.45) is 6.14. The number of allylic oxidation sites excluding steroid dienone is 2. The number of hydrogen-bond donors (Lipinski definition) is 1. The first-order valence-corrected chi connectivity index (χ1v) is 12.8. The van der Waals surface area contributed by atoms with Gasteiger partial charge in [0.05, 0.1) is 0 Å². The lowest BCUT2D eigenvalue weighted by Crippen LogP contribution is -2.11. The minimum atomic E-state index is 0.777. The first kappa shape index (κ1) is 22.2. The van der Waals surface area contributed by atoms with Crippen LogP contribution in [0.1, 0.15) is 5.56 Å². The average molecular weight is 492 g/mol. The van der Waals surface area contributed by atoms with Crippen molar-refractivity contribution in [2.24, 2.45) is 0 Å². The molecule has 0 saturated heterocycles. The molecule has 0 bridgehead atoms. The van der Waals surface area contributed by atoms with E-state index >= 15 is 0 Å². The zero-order valence-electron chi connectivity index (χ0n) is 20.7. The number of hydrogen-bond acceptors (Lipinski definition) is 3. The van der Waals surface area contributed by atoms with Crippen LogP contribution in [0.2, 0.25) is 0 Å². The van der Waals surface area contributed by atoms with Crippen molar-refractivity contribution in [3.63, 3.8) is 0 Å². The number of ether oxygens (including phenoxy) is 2. The molecule has 5 aromatic carbocycles. The third kappa shape index (κ3) is 4.04. The highest BCUT2D eigenvalue weighted by Gasteiger charge is 2.21. The molecule has 2 aliphatic heterocycles. The molecule has 0 radical (unpaired) electrons. The summed E-state index contributed by atoms with van der Waals surface area (Å²) < 4.78 is 13.5. The molecule has 0 unspecified atom stereocenters. The molecule has 0 aliphatic carbocycles. The zero-order valence-corrected chi connectivity index (χ0v) is 20.7. The van der Waals surface area contributed by atoms with Crippen molar-refractivity contribution in [1.29, 1.82) is 0 Å². The lowest BCUT2D eigenvalue weighted by atomic mass is 9.95. The number of benzene rings is 5. The minimum Gasteiger partial charge on any atom is -0.456 e. The molecule has 3 heteroatoms. The SMILES string of the molecule is C1=CNCC(c2ccc3c(c2)Oc2ccccc2-c2ccccc2Oc2cc(-c4ccccc4)ccc2-3)=C1. The second-order valence-electron chi connectivity index (χ2n) is 9.42. The lowest BCUT2D eigenvalue weighted by molar-refractivity contribution is 0.472. The van der Waals surface area contributed by atoms with Gasteiger partial charge in [-0.25, -0.2) is 0 Å². The normalized spacial score (nSPS) is 13.3. The molecule has 0 aromatic heterocycles. The smallest absolute Gasteiger partial charge is 0.136 e. The number of dihydropyridines is 1. The van der Waals surface area contributed by atoms with Gasteiger partial charge in [-0.15, -0.1) is 0 Å². The van der Waals surface area contributed by atoms with Gasteiger partial charge in [-0.2, -0.15) is 0 Å². The van der Waals surface area contributed by atoms with Crippen molar-refractivity contribution in [3.05, 3.63) is 139 Å². The molecule has 2 heterocycles. The Morgan fingerprint density at radius 1 is 0.474 bits per heavy atom. The standard InChI is InChI=1S/C35H25NO2/c1-2-9-24(10-3-1)25-16-18-30-31-19-17-26(27-11-8-20-36-23-27)22-35(31)38-33-15-7-5-13-29(33)28-12-4-6-14-32(28)37-34(30)21-25/h1-22,36H,23H2. The quantitative estimate of drug-likeness (QED) is 0.262. The Morgan fingerprint density at radius 2 is 1.03 bits per heavy atom. The number of nitrogens with one attached hydrogen (secondary N) is 1. The van der Waals surface area contributed by atoms with E-state index in [1.807, 2.05) is 54.7 Å². The van der Waals surface area contributed by atoms with Gasteiger partial charge in [-0.3, -0.25) is 0 Å². The molecule has 0 atom stereocenters. The van der Waals surface area contributed by atoms with Crippen LogP contribution in [0.4, 0.5) is 0 Å². The number of para-hydroxylation sites is 2. The molecule has 5 aromatic rings. The van der Waals surface area contributed by atoms with Crippen LogP contribution < -0.4 is 14.8 Å². The Kier molecular flexibility index (Phi) is 5.52. The first-order chi connectivity index (χ1) is 18.8. The van der Waals surface area contributed by atoms with E-state index in [-0.39, 0.29) is 0 Å². The Labute approximate surface area is 222 Å². The van der Waals surface area contributed by atoms with Crippen molar-refractivity contribution >= 4 is 5.57 Å². The maximum Gasteiger partial charge on any atom is 0.136 e. The highest BCUT2D eigenvalue weighted by atomic mass is 16.5. The highest BCUT2D eigenvalue weighted by molar-refractivity contribution is 5.85. The number of fused-ring (bicyclic) bond motifs is 6. The summed E-state index contributed by atoms with van der Waals surface area (Å²) in [7, 11) is 0. The second-order valence-corrected chi connectivity index (χ2v) is 9.42. The van der Waals surface area contributed by atoms with Crippen LogP contribution in [0.5, 0.6) is 23.0 Å². The molecule has 38 heavy (non-hydrogen) atoms. The molecule has 0 fully saturated rings. The molecule has 2 aliphatic rings. The van der Waals surface area contributed by atoms with E-state index in [0.29, 0.717) is 0 Å². The maximum absolute atomic E-state index is 6.76. The van der Waals surface area contributed by atoms with Gasteiger partial charge in [0.1, 0.15) is 23.0 Å². The zero-order chi connectivity index (χ0) is 25.3. The monoisotopic (exact) mass is 491 g/mol. The Bertz CT molecular complexity index is 1720. The van der Waals surface area contributed by atoms with E-state index < -0.39 is 0 Å². The molecule has 0 amide bonds. The first-order valence-electron chi connectivity index (χ1n) is 12.8. The van der Waals surface area contributed by atoms with Crippen LogP contribution in [0.3, 0.4) is 0 Å². The molecule has 0 spiro atoms. The average Bonchev–Trinajstić information content (AvgIpc) is 2.99. The van der Waals surface area contributed by atoms with Crippen molar-refractivity contribution < 1.29 is 9.47 Å². The van der Waals surface area contributed by atoms with Gasteiger partial charge in [0, 0.05) is 28.8 Å².